The van der Waals surface area contributed by atoms with Crippen molar-refractivity contribution < 1.29 is 22.8 Å². The Morgan fingerprint density at radius 2 is 1.92 bits per heavy atom. The van der Waals surface area contributed by atoms with Crippen molar-refractivity contribution in [1.82, 2.24) is 9.97 Å². The van der Waals surface area contributed by atoms with Crippen LogP contribution in [0.2, 0.25) is 0 Å². The molecule has 7 nitrogen and oxygen atoms in total. The van der Waals surface area contributed by atoms with E-state index in [1.54, 1.807) is 6.07 Å². The van der Waals surface area contributed by atoms with E-state index in [9.17, 15) is 23.3 Å². The summed E-state index contributed by atoms with van der Waals surface area (Å²) in [5, 5.41) is 13.6. The zero-order chi connectivity index (χ0) is 18.7. The second kappa shape index (κ2) is 7.14. The van der Waals surface area contributed by atoms with E-state index in [0.717, 1.165) is 12.8 Å². The van der Waals surface area contributed by atoms with E-state index in [4.69, 9.17) is 4.74 Å². The fraction of sp³-hybridized carbons (Fsp3) is 0.375. The van der Waals surface area contributed by atoms with Gasteiger partial charge in [0.05, 0.1) is 4.92 Å². The molecular formula is C16H15F3N4O3. The Morgan fingerprint density at radius 3 is 2.58 bits per heavy atom. The number of nitro benzene ring substituents is 1. The molecular weight excluding hydrogens is 353 g/mol. The zero-order valence-electron chi connectivity index (χ0n) is 13.5. The van der Waals surface area contributed by atoms with Crippen molar-refractivity contribution in [3.63, 3.8) is 0 Å². The molecule has 1 aliphatic rings. The van der Waals surface area contributed by atoms with Crippen LogP contribution in [0.15, 0.2) is 30.5 Å². The molecule has 0 saturated heterocycles. The summed E-state index contributed by atoms with van der Waals surface area (Å²) in [6.07, 6.45) is -1.27. The van der Waals surface area contributed by atoms with Crippen molar-refractivity contribution in [1.29, 1.82) is 0 Å². The van der Waals surface area contributed by atoms with Gasteiger partial charge >= 0.3 is 6.18 Å². The SMILES string of the molecule is O=[N+]([O-])c1ccccc1Nc1ncc(C(F)(F)F)c(OC2CCCC2)n1. The molecule has 1 aliphatic carbocycles. The van der Waals surface area contributed by atoms with Crippen LogP contribution in [0.1, 0.15) is 31.2 Å². The molecule has 1 heterocycles. The Balaban J connectivity index is 1.92. The molecule has 138 valence electrons. The maximum absolute atomic E-state index is 13.2. The summed E-state index contributed by atoms with van der Waals surface area (Å²) in [5.74, 6) is -0.777. The molecule has 0 atom stereocenters. The predicted molar refractivity (Wildman–Crippen MR) is 86.3 cm³/mol. The molecule has 0 amide bonds. The number of halogens is 3. The Labute approximate surface area is 146 Å². The van der Waals surface area contributed by atoms with Crippen LogP contribution in [0.3, 0.4) is 0 Å². The summed E-state index contributed by atoms with van der Waals surface area (Å²) in [6, 6.07) is 5.71. The van der Waals surface area contributed by atoms with E-state index in [1.807, 2.05) is 0 Å². The highest BCUT2D eigenvalue weighted by Crippen LogP contribution is 2.37. The summed E-state index contributed by atoms with van der Waals surface area (Å²) in [7, 11) is 0. The average molecular weight is 368 g/mol. The quantitative estimate of drug-likeness (QED) is 0.619. The predicted octanol–water partition coefficient (Wildman–Crippen LogP) is 4.47. The molecule has 1 fully saturated rings. The molecule has 1 N–H and O–H groups in total. The molecule has 0 spiro atoms. The minimum atomic E-state index is -4.66. The van der Waals surface area contributed by atoms with Gasteiger partial charge < -0.3 is 10.1 Å². The fourth-order valence-corrected chi connectivity index (χ4v) is 2.73. The van der Waals surface area contributed by atoms with Crippen molar-refractivity contribution in [3.05, 3.63) is 46.1 Å². The van der Waals surface area contributed by atoms with Crippen molar-refractivity contribution in [2.45, 2.75) is 38.0 Å². The number of aromatic nitrogens is 2. The first-order valence-corrected chi connectivity index (χ1v) is 7.96. The molecule has 0 unspecified atom stereocenters. The van der Waals surface area contributed by atoms with Gasteiger partial charge in [0.1, 0.15) is 17.4 Å². The maximum atomic E-state index is 13.2. The standard InChI is InChI=1S/C16H15F3N4O3/c17-16(18,19)11-9-20-15(22-14(11)26-10-5-1-2-6-10)21-12-7-3-4-8-13(12)23(24)25/h3-4,7-10H,1-2,5-6H2,(H,20,21,22). The number of ether oxygens (including phenoxy) is 1. The van der Waals surface area contributed by atoms with Crippen LogP contribution in [0.25, 0.3) is 0 Å². The van der Waals surface area contributed by atoms with E-state index in [1.165, 1.54) is 18.2 Å². The van der Waals surface area contributed by atoms with Crippen LogP contribution in [0.4, 0.5) is 30.5 Å². The number of nitrogens with zero attached hydrogens (tertiary/aromatic N) is 3. The average Bonchev–Trinajstić information content (AvgIpc) is 3.07. The minimum absolute atomic E-state index is 0.0732. The third-order valence-corrected chi connectivity index (χ3v) is 3.99. The lowest BCUT2D eigenvalue weighted by Gasteiger charge is -2.17. The lowest BCUT2D eigenvalue weighted by Crippen LogP contribution is -2.18. The molecule has 2 aromatic rings. The number of hydrogen-bond donors (Lipinski definition) is 1. The number of nitro groups is 1. The van der Waals surface area contributed by atoms with E-state index in [2.05, 4.69) is 15.3 Å². The van der Waals surface area contributed by atoms with Crippen molar-refractivity contribution in [3.8, 4) is 5.88 Å². The van der Waals surface area contributed by atoms with E-state index >= 15 is 0 Å². The van der Waals surface area contributed by atoms with E-state index in [0.29, 0.717) is 19.0 Å². The van der Waals surface area contributed by atoms with Crippen LogP contribution >= 0.6 is 0 Å². The van der Waals surface area contributed by atoms with Crippen LogP contribution in [0.5, 0.6) is 5.88 Å². The van der Waals surface area contributed by atoms with Gasteiger partial charge in [-0.25, -0.2) is 4.98 Å². The Kier molecular flexibility index (Phi) is 4.92. The normalized spacial score (nSPS) is 15.0. The molecule has 26 heavy (non-hydrogen) atoms. The fourth-order valence-electron chi connectivity index (χ4n) is 2.73. The zero-order valence-corrected chi connectivity index (χ0v) is 13.5. The van der Waals surface area contributed by atoms with Crippen LogP contribution in [0, 0.1) is 10.1 Å². The molecule has 0 aliphatic heterocycles. The van der Waals surface area contributed by atoms with Gasteiger partial charge in [0.25, 0.3) is 5.69 Å². The molecule has 10 heteroatoms. The third kappa shape index (κ3) is 4.01. The van der Waals surface area contributed by atoms with Crippen molar-refractivity contribution in [2.75, 3.05) is 5.32 Å². The van der Waals surface area contributed by atoms with Gasteiger partial charge in [-0.15, -0.1) is 0 Å². The van der Waals surface area contributed by atoms with Crippen molar-refractivity contribution in [2.24, 2.45) is 0 Å². The largest absolute Gasteiger partial charge is 0.474 e. The second-order valence-corrected chi connectivity index (χ2v) is 5.83. The number of nitrogens with one attached hydrogen (secondary N) is 1. The van der Waals surface area contributed by atoms with E-state index < -0.39 is 22.5 Å². The number of hydrogen-bond acceptors (Lipinski definition) is 6. The summed E-state index contributed by atoms with van der Waals surface area (Å²) in [5.41, 5.74) is -1.24. The van der Waals surface area contributed by atoms with Gasteiger partial charge in [0, 0.05) is 12.3 Å². The molecule has 0 radical (unpaired) electrons. The number of rotatable bonds is 5. The highest BCUT2D eigenvalue weighted by Gasteiger charge is 2.37. The number of anilines is 2. The Bertz CT molecular complexity index is 808. The van der Waals surface area contributed by atoms with Gasteiger partial charge in [-0.2, -0.15) is 18.2 Å². The Hall–Kier alpha value is -2.91. The monoisotopic (exact) mass is 368 g/mol. The first-order valence-electron chi connectivity index (χ1n) is 7.96. The maximum Gasteiger partial charge on any atom is 0.423 e. The highest BCUT2D eigenvalue weighted by atomic mass is 19.4. The third-order valence-electron chi connectivity index (χ3n) is 3.99. The molecule has 0 bridgehead atoms. The summed E-state index contributed by atoms with van der Waals surface area (Å²) in [4.78, 5) is 17.9. The smallest absolute Gasteiger partial charge is 0.423 e. The second-order valence-electron chi connectivity index (χ2n) is 5.83. The number of para-hydroxylation sites is 2. The summed E-state index contributed by atoms with van der Waals surface area (Å²) < 4.78 is 45.0. The summed E-state index contributed by atoms with van der Waals surface area (Å²) in [6.45, 7) is 0. The van der Waals surface area contributed by atoms with Gasteiger partial charge in [-0.05, 0) is 31.7 Å². The molecule has 1 aromatic heterocycles. The first-order chi connectivity index (χ1) is 12.3. The highest BCUT2D eigenvalue weighted by molar-refractivity contribution is 5.66. The van der Waals surface area contributed by atoms with E-state index in [-0.39, 0.29) is 23.4 Å². The van der Waals surface area contributed by atoms with Gasteiger partial charge in [-0.3, -0.25) is 10.1 Å². The van der Waals surface area contributed by atoms with Crippen LogP contribution < -0.4 is 10.1 Å². The minimum Gasteiger partial charge on any atom is -0.474 e. The van der Waals surface area contributed by atoms with Gasteiger partial charge in [0.15, 0.2) is 0 Å². The van der Waals surface area contributed by atoms with Crippen LogP contribution in [-0.2, 0) is 6.18 Å². The lowest BCUT2D eigenvalue weighted by molar-refractivity contribution is -0.383. The number of alkyl halides is 3. The first kappa shape index (κ1) is 17.9. The molecule has 1 aromatic carbocycles. The van der Waals surface area contributed by atoms with Gasteiger partial charge in [0.2, 0.25) is 11.8 Å². The van der Waals surface area contributed by atoms with Crippen molar-refractivity contribution >= 4 is 17.3 Å². The molecule has 1 saturated carbocycles. The van der Waals surface area contributed by atoms with Gasteiger partial charge in [-0.1, -0.05) is 12.1 Å². The lowest BCUT2D eigenvalue weighted by atomic mass is 10.2. The number of benzene rings is 1. The van der Waals surface area contributed by atoms with Crippen LogP contribution in [-0.4, -0.2) is 21.0 Å². The Morgan fingerprint density at radius 1 is 1.23 bits per heavy atom. The summed E-state index contributed by atoms with van der Waals surface area (Å²) >= 11 is 0. The topological polar surface area (TPSA) is 90.2 Å². The molecule has 3 rings (SSSR count).